The Bertz CT molecular complexity index is 621. The van der Waals surface area contributed by atoms with Gasteiger partial charge in [0, 0.05) is 30.0 Å². The number of aromatic nitrogens is 3. The van der Waals surface area contributed by atoms with Crippen molar-refractivity contribution in [3.63, 3.8) is 0 Å². The first-order valence-corrected chi connectivity index (χ1v) is 8.65. The van der Waals surface area contributed by atoms with E-state index in [4.69, 9.17) is 0 Å². The SMILES string of the molecule is CC(C)N(C(=O)CSc1ccc(-c2ccncc2)nn1)C(C)C. The molecule has 0 aliphatic rings. The smallest absolute Gasteiger partial charge is 0.233 e. The summed E-state index contributed by atoms with van der Waals surface area (Å²) in [5.74, 6) is 0.500. The van der Waals surface area contributed by atoms with E-state index in [0.717, 1.165) is 16.3 Å². The van der Waals surface area contributed by atoms with E-state index in [1.807, 2.05) is 56.9 Å². The molecule has 0 aliphatic heterocycles. The molecule has 23 heavy (non-hydrogen) atoms. The van der Waals surface area contributed by atoms with Crippen LogP contribution in [-0.4, -0.2) is 43.8 Å². The minimum atomic E-state index is 0.125. The van der Waals surface area contributed by atoms with Crippen LogP contribution in [0, 0.1) is 0 Å². The molecule has 2 heterocycles. The third-order valence-electron chi connectivity index (χ3n) is 3.36. The van der Waals surface area contributed by atoms with E-state index in [9.17, 15) is 4.79 Å². The molecule has 0 aromatic carbocycles. The zero-order valence-electron chi connectivity index (χ0n) is 13.9. The van der Waals surface area contributed by atoms with Gasteiger partial charge in [0.05, 0.1) is 11.4 Å². The lowest BCUT2D eigenvalue weighted by Gasteiger charge is -2.30. The predicted molar refractivity (Wildman–Crippen MR) is 93.1 cm³/mol. The fourth-order valence-corrected chi connectivity index (χ4v) is 3.14. The Morgan fingerprint density at radius 3 is 2.22 bits per heavy atom. The molecule has 0 radical (unpaired) electrons. The zero-order valence-corrected chi connectivity index (χ0v) is 14.7. The molecule has 0 bridgehead atoms. The average Bonchev–Trinajstić information content (AvgIpc) is 2.53. The van der Waals surface area contributed by atoms with Crippen molar-refractivity contribution in [2.24, 2.45) is 0 Å². The number of carbonyl (C=O) groups excluding carboxylic acids is 1. The van der Waals surface area contributed by atoms with Crippen molar-refractivity contribution < 1.29 is 4.79 Å². The highest BCUT2D eigenvalue weighted by atomic mass is 32.2. The largest absolute Gasteiger partial charge is 0.337 e. The number of nitrogens with zero attached hydrogens (tertiary/aromatic N) is 4. The van der Waals surface area contributed by atoms with Crippen LogP contribution in [0.3, 0.4) is 0 Å². The normalized spacial score (nSPS) is 11.0. The molecule has 0 N–H and O–H groups in total. The van der Waals surface area contributed by atoms with Gasteiger partial charge in [-0.3, -0.25) is 9.78 Å². The number of hydrogen-bond donors (Lipinski definition) is 0. The number of pyridine rings is 1. The quantitative estimate of drug-likeness (QED) is 0.761. The Labute approximate surface area is 141 Å². The van der Waals surface area contributed by atoms with Gasteiger partial charge in [0.15, 0.2) is 0 Å². The maximum atomic E-state index is 12.3. The number of amides is 1. The molecule has 0 fully saturated rings. The van der Waals surface area contributed by atoms with E-state index in [1.165, 1.54) is 11.8 Å². The summed E-state index contributed by atoms with van der Waals surface area (Å²) < 4.78 is 0. The van der Waals surface area contributed by atoms with E-state index in [2.05, 4.69) is 15.2 Å². The van der Waals surface area contributed by atoms with Crippen molar-refractivity contribution in [1.29, 1.82) is 0 Å². The summed E-state index contributed by atoms with van der Waals surface area (Å²) in [6, 6.07) is 7.99. The predicted octanol–water partition coefficient (Wildman–Crippen LogP) is 3.28. The summed E-state index contributed by atoms with van der Waals surface area (Å²) >= 11 is 1.42. The van der Waals surface area contributed by atoms with Crippen LogP contribution in [0.25, 0.3) is 11.3 Å². The molecule has 2 aromatic rings. The summed E-state index contributed by atoms with van der Waals surface area (Å²) in [5, 5.41) is 9.17. The molecule has 0 spiro atoms. The van der Waals surface area contributed by atoms with Gasteiger partial charge in [0.2, 0.25) is 5.91 Å². The summed E-state index contributed by atoms with van der Waals surface area (Å²) in [6.07, 6.45) is 3.45. The van der Waals surface area contributed by atoms with Gasteiger partial charge in [0.25, 0.3) is 0 Å². The van der Waals surface area contributed by atoms with E-state index in [1.54, 1.807) is 12.4 Å². The van der Waals surface area contributed by atoms with Crippen LogP contribution in [0.15, 0.2) is 41.7 Å². The van der Waals surface area contributed by atoms with Crippen molar-refractivity contribution in [2.45, 2.75) is 44.8 Å². The van der Waals surface area contributed by atoms with Crippen molar-refractivity contribution in [1.82, 2.24) is 20.1 Å². The highest BCUT2D eigenvalue weighted by molar-refractivity contribution is 7.99. The highest BCUT2D eigenvalue weighted by Gasteiger charge is 2.20. The van der Waals surface area contributed by atoms with Gasteiger partial charge in [-0.25, -0.2) is 0 Å². The first kappa shape index (κ1) is 17.4. The molecule has 2 rings (SSSR count). The maximum absolute atomic E-state index is 12.3. The summed E-state index contributed by atoms with van der Waals surface area (Å²) in [7, 11) is 0. The first-order chi connectivity index (χ1) is 11.0. The van der Waals surface area contributed by atoms with Crippen LogP contribution in [0.2, 0.25) is 0 Å². The Hall–Kier alpha value is -1.95. The van der Waals surface area contributed by atoms with Gasteiger partial charge >= 0.3 is 0 Å². The lowest BCUT2D eigenvalue weighted by Crippen LogP contribution is -2.43. The van der Waals surface area contributed by atoms with E-state index < -0.39 is 0 Å². The average molecular weight is 330 g/mol. The van der Waals surface area contributed by atoms with E-state index in [-0.39, 0.29) is 18.0 Å². The van der Waals surface area contributed by atoms with Crippen molar-refractivity contribution in [3.8, 4) is 11.3 Å². The molecule has 0 atom stereocenters. The molecule has 1 amide bonds. The van der Waals surface area contributed by atoms with Gasteiger partial charge < -0.3 is 4.90 Å². The number of carbonyl (C=O) groups is 1. The van der Waals surface area contributed by atoms with Crippen LogP contribution < -0.4 is 0 Å². The molecular formula is C17H22N4OS. The van der Waals surface area contributed by atoms with Crippen molar-refractivity contribution >= 4 is 17.7 Å². The standard InChI is InChI=1S/C17H22N4OS/c1-12(2)21(13(3)4)17(22)11-23-16-6-5-15(19-20-16)14-7-9-18-10-8-14/h5-10,12-13H,11H2,1-4H3. The lowest BCUT2D eigenvalue weighted by molar-refractivity contribution is -0.131. The molecule has 122 valence electrons. The Balaban J connectivity index is 1.98. The van der Waals surface area contributed by atoms with E-state index in [0.29, 0.717) is 5.75 Å². The topological polar surface area (TPSA) is 59.0 Å². The fraction of sp³-hybridized carbons (Fsp3) is 0.412. The van der Waals surface area contributed by atoms with Gasteiger partial charge in [0.1, 0.15) is 5.03 Å². The maximum Gasteiger partial charge on any atom is 0.233 e. The second kappa shape index (κ2) is 8.06. The van der Waals surface area contributed by atoms with Crippen molar-refractivity contribution in [3.05, 3.63) is 36.7 Å². The first-order valence-electron chi connectivity index (χ1n) is 7.67. The number of thioether (sulfide) groups is 1. The van der Waals surface area contributed by atoms with Crippen LogP contribution >= 0.6 is 11.8 Å². The second-order valence-electron chi connectivity index (χ2n) is 5.77. The van der Waals surface area contributed by atoms with Crippen LogP contribution in [0.5, 0.6) is 0 Å². The monoisotopic (exact) mass is 330 g/mol. The molecule has 0 aliphatic carbocycles. The van der Waals surface area contributed by atoms with Gasteiger partial charge in [-0.15, -0.1) is 10.2 Å². The third-order valence-corrected chi connectivity index (χ3v) is 4.27. The van der Waals surface area contributed by atoms with Crippen molar-refractivity contribution in [2.75, 3.05) is 5.75 Å². The summed E-state index contributed by atoms with van der Waals surface area (Å²) in [6.45, 7) is 8.13. The van der Waals surface area contributed by atoms with Gasteiger partial charge in [-0.1, -0.05) is 11.8 Å². The minimum Gasteiger partial charge on any atom is -0.337 e. The highest BCUT2D eigenvalue weighted by Crippen LogP contribution is 2.20. The minimum absolute atomic E-state index is 0.125. The fourth-order valence-electron chi connectivity index (χ4n) is 2.46. The molecule has 0 saturated carbocycles. The van der Waals surface area contributed by atoms with Crippen LogP contribution in [-0.2, 0) is 4.79 Å². The van der Waals surface area contributed by atoms with Crippen LogP contribution in [0.1, 0.15) is 27.7 Å². The Kier molecular flexibility index (Phi) is 6.10. The molecular weight excluding hydrogens is 308 g/mol. The molecule has 5 nitrogen and oxygen atoms in total. The van der Waals surface area contributed by atoms with Crippen LogP contribution in [0.4, 0.5) is 0 Å². The molecule has 0 unspecified atom stereocenters. The zero-order chi connectivity index (χ0) is 16.8. The third kappa shape index (κ3) is 4.76. The van der Waals surface area contributed by atoms with E-state index >= 15 is 0 Å². The Morgan fingerprint density at radius 1 is 1.04 bits per heavy atom. The number of rotatable bonds is 6. The summed E-state index contributed by atoms with van der Waals surface area (Å²) in [4.78, 5) is 18.2. The Morgan fingerprint density at radius 2 is 1.70 bits per heavy atom. The number of hydrogen-bond acceptors (Lipinski definition) is 5. The van der Waals surface area contributed by atoms with Gasteiger partial charge in [-0.2, -0.15) is 0 Å². The summed E-state index contributed by atoms with van der Waals surface area (Å²) in [5.41, 5.74) is 1.78. The molecule has 2 aromatic heterocycles. The molecule has 0 saturated heterocycles. The second-order valence-corrected chi connectivity index (χ2v) is 6.77. The lowest BCUT2D eigenvalue weighted by atomic mass is 10.2. The van der Waals surface area contributed by atoms with Gasteiger partial charge in [-0.05, 0) is 52.0 Å². The molecule has 6 heteroatoms.